The van der Waals surface area contributed by atoms with Crippen molar-refractivity contribution < 1.29 is 19.7 Å². The topological polar surface area (TPSA) is 94.1 Å². The molecule has 0 radical (unpaired) electrons. The number of carbonyl (C=O) groups excluding carboxylic acids is 1. The highest BCUT2D eigenvalue weighted by Gasteiger charge is 2.27. The minimum absolute atomic E-state index is 0.00859. The van der Waals surface area contributed by atoms with Gasteiger partial charge in [0.05, 0.1) is 5.69 Å². The van der Waals surface area contributed by atoms with Gasteiger partial charge in [-0.25, -0.2) is 0 Å². The Kier molecular flexibility index (Phi) is 9.45. The lowest BCUT2D eigenvalue weighted by atomic mass is 10.0. The highest BCUT2D eigenvalue weighted by atomic mass is 35.5. The maximum atomic E-state index is 11.8. The second kappa shape index (κ2) is 12.1. The SMILES string of the molecule is CCC(=O)Nc1ccc(O)c(Cl)c1OC[C@@](C)(O)CNC1CCN(Cc2ccc(Cl)cc2)CC1. The van der Waals surface area contributed by atoms with Crippen LogP contribution >= 0.6 is 23.2 Å². The third-order valence-corrected chi connectivity index (χ3v) is 6.50. The molecule has 9 heteroatoms. The lowest BCUT2D eigenvalue weighted by Crippen LogP contribution is -2.49. The largest absolute Gasteiger partial charge is 0.506 e. The van der Waals surface area contributed by atoms with Gasteiger partial charge in [-0.3, -0.25) is 9.69 Å². The van der Waals surface area contributed by atoms with Crippen LogP contribution in [0.2, 0.25) is 10.0 Å². The Morgan fingerprint density at radius 2 is 1.85 bits per heavy atom. The van der Waals surface area contributed by atoms with Crippen LogP contribution in [0.5, 0.6) is 11.5 Å². The molecule has 0 aromatic heterocycles. The molecule has 4 N–H and O–H groups in total. The van der Waals surface area contributed by atoms with E-state index in [1.807, 2.05) is 12.1 Å². The smallest absolute Gasteiger partial charge is 0.224 e. The van der Waals surface area contributed by atoms with E-state index in [1.165, 1.54) is 17.7 Å². The van der Waals surface area contributed by atoms with Crippen LogP contribution in [0.3, 0.4) is 0 Å². The van der Waals surface area contributed by atoms with Gasteiger partial charge in [-0.05, 0) is 62.7 Å². The van der Waals surface area contributed by atoms with E-state index in [-0.39, 0.29) is 35.5 Å². The Hall–Kier alpha value is -2.03. The quantitative estimate of drug-likeness (QED) is 0.354. The van der Waals surface area contributed by atoms with Crippen molar-refractivity contribution in [3.63, 3.8) is 0 Å². The van der Waals surface area contributed by atoms with E-state index in [0.29, 0.717) is 18.3 Å². The Balaban J connectivity index is 1.47. The van der Waals surface area contributed by atoms with E-state index < -0.39 is 5.60 Å². The zero-order chi connectivity index (χ0) is 24.7. The van der Waals surface area contributed by atoms with E-state index in [0.717, 1.165) is 37.5 Å². The molecule has 1 atom stereocenters. The fourth-order valence-corrected chi connectivity index (χ4v) is 4.16. The number of amides is 1. The van der Waals surface area contributed by atoms with Gasteiger partial charge in [0.2, 0.25) is 5.91 Å². The third-order valence-electron chi connectivity index (χ3n) is 5.88. The lowest BCUT2D eigenvalue weighted by Gasteiger charge is -2.34. The number of aromatic hydroxyl groups is 1. The number of phenols is 1. The standard InChI is InChI=1S/C25H33Cl2N3O4/c1-3-22(32)29-20-8-9-21(31)23(27)24(20)34-16-25(2,33)15-28-19-10-12-30(13-11-19)14-17-4-6-18(26)7-5-17/h4-9,19,28,31,33H,3,10-16H2,1-2H3,(H,29,32)/t25-/m0/s1. The molecule has 1 amide bonds. The van der Waals surface area contributed by atoms with Crippen LogP contribution in [0.1, 0.15) is 38.7 Å². The summed E-state index contributed by atoms with van der Waals surface area (Å²) in [7, 11) is 0. The van der Waals surface area contributed by atoms with Crippen molar-refractivity contribution in [2.75, 3.05) is 31.6 Å². The number of nitrogens with zero attached hydrogens (tertiary/aromatic N) is 1. The van der Waals surface area contributed by atoms with Crippen LogP contribution in [0.15, 0.2) is 36.4 Å². The van der Waals surface area contributed by atoms with Crippen LogP contribution in [-0.4, -0.2) is 58.9 Å². The van der Waals surface area contributed by atoms with Gasteiger partial charge in [0.15, 0.2) is 5.75 Å². The van der Waals surface area contributed by atoms with E-state index in [4.69, 9.17) is 27.9 Å². The van der Waals surface area contributed by atoms with Crippen molar-refractivity contribution in [1.82, 2.24) is 10.2 Å². The maximum Gasteiger partial charge on any atom is 0.224 e. The molecule has 0 aliphatic carbocycles. The molecule has 2 aromatic rings. The summed E-state index contributed by atoms with van der Waals surface area (Å²) in [5.41, 5.74) is 0.420. The van der Waals surface area contributed by atoms with E-state index in [2.05, 4.69) is 27.7 Å². The summed E-state index contributed by atoms with van der Waals surface area (Å²) in [4.78, 5) is 14.2. The number of rotatable bonds is 10. The van der Waals surface area contributed by atoms with Crippen molar-refractivity contribution >= 4 is 34.8 Å². The summed E-state index contributed by atoms with van der Waals surface area (Å²) in [6, 6.07) is 11.2. The summed E-state index contributed by atoms with van der Waals surface area (Å²) < 4.78 is 5.78. The highest BCUT2D eigenvalue weighted by Crippen LogP contribution is 2.40. The molecule has 186 valence electrons. The molecular weight excluding hydrogens is 477 g/mol. The molecule has 0 bridgehead atoms. The number of likely N-dealkylation sites (tertiary alicyclic amines) is 1. The Bertz CT molecular complexity index is 961. The molecule has 1 fully saturated rings. The monoisotopic (exact) mass is 509 g/mol. The van der Waals surface area contributed by atoms with Crippen LogP contribution in [-0.2, 0) is 11.3 Å². The highest BCUT2D eigenvalue weighted by molar-refractivity contribution is 6.34. The van der Waals surface area contributed by atoms with Crippen LogP contribution < -0.4 is 15.4 Å². The number of carbonyl (C=O) groups is 1. The van der Waals surface area contributed by atoms with Gasteiger partial charge in [0, 0.05) is 30.6 Å². The predicted molar refractivity (Wildman–Crippen MR) is 136 cm³/mol. The van der Waals surface area contributed by atoms with Crippen molar-refractivity contribution in [3.8, 4) is 11.5 Å². The van der Waals surface area contributed by atoms with Crippen LogP contribution in [0, 0.1) is 0 Å². The van der Waals surface area contributed by atoms with Crippen molar-refractivity contribution in [2.45, 2.75) is 51.3 Å². The molecule has 1 saturated heterocycles. The van der Waals surface area contributed by atoms with Crippen LogP contribution in [0.4, 0.5) is 5.69 Å². The Morgan fingerprint density at radius 1 is 1.18 bits per heavy atom. The first kappa shape index (κ1) is 26.6. The first-order valence-corrected chi connectivity index (χ1v) is 12.3. The number of aliphatic hydroxyl groups is 1. The number of piperidine rings is 1. The second-order valence-corrected chi connectivity index (χ2v) is 9.83. The van der Waals surface area contributed by atoms with Crippen molar-refractivity contribution in [1.29, 1.82) is 0 Å². The fraction of sp³-hybridized carbons (Fsp3) is 0.480. The summed E-state index contributed by atoms with van der Waals surface area (Å²) in [5.74, 6) is -0.226. The van der Waals surface area contributed by atoms with E-state index in [1.54, 1.807) is 13.8 Å². The Morgan fingerprint density at radius 3 is 2.50 bits per heavy atom. The average Bonchev–Trinajstić information content (AvgIpc) is 2.82. The molecule has 0 spiro atoms. The molecular formula is C25H33Cl2N3O4. The molecule has 1 aliphatic heterocycles. The van der Waals surface area contributed by atoms with E-state index in [9.17, 15) is 15.0 Å². The lowest BCUT2D eigenvalue weighted by molar-refractivity contribution is -0.115. The Labute approximate surface area is 211 Å². The summed E-state index contributed by atoms with van der Waals surface area (Å²) in [5, 5.41) is 27.7. The zero-order valence-corrected chi connectivity index (χ0v) is 21.1. The van der Waals surface area contributed by atoms with Crippen molar-refractivity contribution in [2.24, 2.45) is 0 Å². The third kappa shape index (κ3) is 7.75. The summed E-state index contributed by atoms with van der Waals surface area (Å²) in [6.07, 6.45) is 2.25. The van der Waals surface area contributed by atoms with Gasteiger partial charge in [-0.1, -0.05) is 42.3 Å². The predicted octanol–water partition coefficient (Wildman–Crippen LogP) is 4.43. The minimum atomic E-state index is -1.18. The molecule has 0 unspecified atom stereocenters. The number of benzene rings is 2. The molecule has 1 aliphatic rings. The van der Waals surface area contributed by atoms with Crippen LogP contribution in [0.25, 0.3) is 0 Å². The number of nitrogens with one attached hydrogen (secondary N) is 2. The molecule has 1 heterocycles. The average molecular weight is 510 g/mol. The summed E-state index contributed by atoms with van der Waals surface area (Å²) in [6.45, 7) is 6.52. The molecule has 34 heavy (non-hydrogen) atoms. The first-order chi connectivity index (χ1) is 16.2. The fourth-order valence-electron chi connectivity index (χ4n) is 3.81. The number of halogens is 2. The van der Waals surface area contributed by atoms with Gasteiger partial charge >= 0.3 is 0 Å². The van der Waals surface area contributed by atoms with Gasteiger partial charge in [0.25, 0.3) is 0 Å². The maximum absolute atomic E-state index is 11.8. The van der Waals surface area contributed by atoms with Gasteiger partial charge in [0.1, 0.15) is 23.0 Å². The summed E-state index contributed by atoms with van der Waals surface area (Å²) >= 11 is 12.2. The zero-order valence-electron chi connectivity index (χ0n) is 19.6. The second-order valence-electron chi connectivity index (χ2n) is 9.02. The number of phenolic OH excluding ortho intramolecular Hbond substituents is 1. The van der Waals surface area contributed by atoms with Gasteiger partial charge in [-0.15, -0.1) is 0 Å². The number of anilines is 1. The van der Waals surface area contributed by atoms with Gasteiger partial charge in [-0.2, -0.15) is 0 Å². The molecule has 3 rings (SSSR count). The molecule has 2 aromatic carbocycles. The molecule has 0 saturated carbocycles. The number of ether oxygens (including phenoxy) is 1. The minimum Gasteiger partial charge on any atom is -0.506 e. The first-order valence-electron chi connectivity index (χ1n) is 11.5. The van der Waals surface area contributed by atoms with Crippen molar-refractivity contribution in [3.05, 3.63) is 52.0 Å². The molecule has 7 nitrogen and oxygen atoms in total. The number of hydrogen-bond acceptors (Lipinski definition) is 6. The number of hydrogen-bond donors (Lipinski definition) is 4. The van der Waals surface area contributed by atoms with Gasteiger partial charge < -0.3 is 25.6 Å². The van der Waals surface area contributed by atoms with E-state index >= 15 is 0 Å². The normalized spacial score (nSPS) is 16.7.